The lowest BCUT2D eigenvalue weighted by molar-refractivity contribution is 0.289. The zero-order valence-corrected chi connectivity index (χ0v) is 9.86. The van der Waals surface area contributed by atoms with Crippen LogP contribution in [-0.2, 0) is 0 Å². The topological polar surface area (TPSA) is 20.2 Å². The molecule has 86 valence electrons. The molecule has 1 heteroatoms. The maximum atomic E-state index is 8.55. The zero-order chi connectivity index (χ0) is 11.2. The van der Waals surface area contributed by atoms with E-state index in [9.17, 15) is 0 Å². The number of unbranched alkanes of at least 4 members (excludes halogenated alkanes) is 2. The van der Waals surface area contributed by atoms with Crippen LogP contribution in [0.3, 0.4) is 0 Å². The highest BCUT2D eigenvalue weighted by molar-refractivity contribution is 4.97. The van der Waals surface area contributed by atoms with E-state index >= 15 is 0 Å². The van der Waals surface area contributed by atoms with E-state index in [4.69, 9.17) is 5.11 Å². The first-order valence-electron chi connectivity index (χ1n) is 5.97. The molecule has 0 aliphatic rings. The summed E-state index contributed by atoms with van der Waals surface area (Å²) in [5.41, 5.74) is 0. The van der Waals surface area contributed by atoms with Crippen molar-refractivity contribution in [1.29, 1.82) is 0 Å². The van der Waals surface area contributed by atoms with Gasteiger partial charge < -0.3 is 5.11 Å². The number of hydrogen-bond acceptors (Lipinski definition) is 1. The second-order valence-electron chi connectivity index (χ2n) is 3.54. The molecule has 0 saturated heterocycles. The van der Waals surface area contributed by atoms with E-state index in [-0.39, 0.29) is 0 Å². The highest BCUT2D eigenvalue weighted by atomic mass is 16.2. The lowest BCUT2D eigenvalue weighted by atomic mass is 10.2. The van der Waals surface area contributed by atoms with Crippen LogP contribution in [0.25, 0.3) is 0 Å². The fourth-order valence-electron chi connectivity index (χ4n) is 1.15. The molecular weight excluding hydrogens is 184 g/mol. The standard InChI is InChI=1S/C14H24O/c1-2-3-4-5-6-7-8-9-10-11-12-13-14-15/h4-5,7-8,10-11,15H,2-3,6,9,12-14H2,1H3/b5-4+,8-7+,11-10+. The van der Waals surface area contributed by atoms with Crippen molar-refractivity contribution in [3.8, 4) is 0 Å². The molecule has 0 amide bonds. The quantitative estimate of drug-likeness (QED) is 0.448. The number of rotatable bonds is 9. The molecule has 0 bridgehead atoms. The van der Waals surface area contributed by atoms with Crippen LogP contribution >= 0.6 is 0 Å². The van der Waals surface area contributed by atoms with Crippen molar-refractivity contribution < 1.29 is 5.11 Å². The summed E-state index contributed by atoms with van der Waals surface area (Å²) in [4.78, 5) is 0. The Kier molecular flexibility index (Phi) is 12.5. The van der Waals surface area contributed by atoms with E-state index in [0.29, 0.717) is 6.61 Å². The van der Waals surface area contributed by atoms with Gasteiger partial charge in [-0.3, -0.25) is 0 Å². The van der Waals surface area contributed by atoms with Gasteiger partial charge in [0, 0.05) is 6.61 Å². The van der Waals surface area contributed by atoms with E-state index in [1.54, 1.807) is 0 Å². The molecule has 0 rings (SSSR count). The lowest BCUT2D eigenvalue weighted by Gasteiger charge is -1.87. The van der Waals surface area contributed by atoms with Gasteiger partial charge >= 0.3 is 0 Å². The van der Waals surface area contributed by atoms with Crippen LogP contribution in [-0.4, -0.2) is 11.7 Å². The van der Waals surface area contributed by atoms with Gasteiger partial charge in [0.25, 0.3) is 0 Å². The van der Waals surface area contributed by atoms with Crippen molar-refractivity contribution in [2.75, 3.05) is 6.61 Å². The molecule has 0 spiro atoms. The fourth-order valence-corrected chi connectivity index (χ4v) is 1.15. The van der Waals surface area contributed by atoms with Crippen molar-refractivity contribution >= 4 is 0 Å². The number of aliphatic hydroxyl groups excluding tert-OH is 1. The summed E-state index contributed by atoms with van der Waals surface area (Å²) in [6.45, 7) is 2.49. The number of allylic oxidation sites excluding steroid dienone is 6. The Balaban J connectivity index is 3.27. The molecule has 1 N–H and O–H groups in total. The van der Waals surface area contributed by atoms with Crippen molar-refractivity contribution in [2.45, 2.75) is 45.4 Å². The molecule has 0 saturated carbocycles. The highest BCUT2D eigenvalue weighted by Crippen LogP contribution is 1.95. The molecule has 0 radical (unpaired) electrons. The van der Waals surface area contributed by atoms with Gasteiger partial charge in [-0.2, -0.15) is 0 Å². The van der Waals surface area contributed by atoms with E-state index in [2.05, 4.69) is 43.4 Å². The zero-order valence-electron chi connectivity index (χ0n) is 9.86. The molecule has 0 atom stereocenters. The summed E-state index contributed by atoms with van der Waals surface area (Å²) >= 11 is 0. The van der Waals surface area contributed by atoms with Gasteiger partial charge in [0.1, 0.15) is 0 Å². The van der Waals surface area contributed by atoms with E-state index in [1.807, 2.05) is 0 Å². The summed E-state index contributed by atoms with van der Waals surface area (Å²) in [5.74, 6) is 0. The van der Waals surface area contributed by atoms with Crippen LogP contribution < -0.4 is 0 Å². The maximum Gasteiger partial charge on any atom is 0.0433 e. The normalized spacial score (nSPS) is 12.4. The molecule has 0 aromatic carbocycles. The first kappa shape index (κ1) is 14.2. The fraction of sp³-hybridized carbons (Fsp3) is 0.571. The molecule has 15 heavy (non-hydrogen) atoms. The SMILES string of the molecule is CCC/C=C/C/C=C/C/C=C/CCCO. The first-order valence-corrected chi connectivity index (χ1v) is 5.97. The van der Waals surface area contributed by atoms with E-state index in [1.165, 1.54) is 12.8 Å². The van der Waals surface area contributed by atoms with Crippen molar-refractivity contribution in [2.24, 2.45) is 0 Å². The van der Waals surface area contributed by atoms with Crippen molar-refractivity contribution in [3.05, 3.63) is 36.5 Å². The van der Waals surface area contributed by atoms with Gasteiger partial charge in [-0.15, -0.1) is 0 Å². The number of aliphatic hydroxyl groups is 1. The third-order valence-corrected chi connectivity index (χ3v) is 2.03. The Morgan fingerprint density at radius 1 is 0.800 bits per heavy atom. The number of hydrogen-bond donors (Lipinski definition) is 1. The van der Waals surface area contributed by atoms with Crippen LogP contribution in [0.2, 0.25) is 0 Å². The Hall–Kier alpha value is -0.820. The second-order valence-corrected chi connectivity index (χ2v) is 3.54. The molecular formula is C14H24O. The predicted molar refractivity (Wildman–Crippen MR) is 67.9 cm³/mol. The van der Waals surface area contributed by atoms with Crippen LogP contribution in [0.15, 0.2) is 36.5 Å². The summed E-state index contributed by atoms with van der Waals surface area (Å²) in [6, 6.07) is 0. The van der Waals surface area contributed by atoms with Gasteiger partial charge in [0.2, 0.25) is 0 Å². The lowest BCUT2D eigenvalue weighted by Crippen LogP contribution is -1.77. The molecule has 0 unspecified atom stereocenters. The minimum Gasteiger partial charge on any atom is -0.396 e. The largest absolute Gasteiger partial charge is 0.396 e. The minimum absolute atomic E-state index is 0.294. The smallest absolute Gasteiger partial charge is 0.0433 e. The summed E-state index contributed by atoms with van der Waals surface area (Å²) in [7, 11) is 0. The van der Waals surface area contributed by atoms with Gasteiger partial charge in [-0.05, 0) is 32.1 Å². The first-order chi connectivity index (χ1) is 7.41. The molecule has 0 aromatic heterocycles. The molecule has 0 fully saturated rings. The molecule has 0 heterocycles. The summed E-state index contributed by atoms with van der Waals surface area (Å²) in [5, 5.41) is 8.55. The van der Waals surface area contributed by atoms with Crippen LogP contribution in [0, 0.1) is 0 Å². The third-order valence-electron chi connectivity index (χ3n) is 2.03. The highest BCUT2D eigenvalue weighted by Gasteiger charge is 1.77. The van der Waals surface area contributed by atoms with Crippen LogP contribution in [0.1, 0.15) is 45.4 Å². The minimum atomic E-state index is 0.294. The van der Waals surface area contributed by atoms with Crippen LogP contribution in [0.4, 0.5) is 0 Å². The molecule has 0 aliphatic carbocycles. The Morgan fingerprint density at radius 2 is 1.33 bits per heavy atom. The van der Waals surface area contributed by atoms with Crippen molar-refractivity contribution in [3.63, 3.8) is 0 Å². The predicted octanol–water partition coefficient (Wildman–Crippen LogP) is 4.01. The summed E-state index contributed by atoms with van der Waals surface area (Å²) < 4.78 is 0. The van der Waals surface area contributed by atoms with Gasteiger partial charge in [-0.1, -0.05) is 49.8 Å². The second kappa shape index (κ2) is 13.2. The Bertz CT molecular complexity index is 190. The van der Waals surface area contributed by atoms with Gasteiger partial charge in [0.05, 0.1) is 0 Å². The third kappa shape index (κ3) is 13.2. The van der Waals surface area contributed by atoms with Gasteiger partial charge in [0.15, 0.2) is 0 Å². The van der Waals surface area contributed by atoms with E-state index in [0.717, 1.165) is 25.7 Å². The Labute approximate surface area is 94.2 Å². The average molecular weight is 208 g/mol. The van der Waals surface area contributed by atoms with Crippen molar-refractivity contribution in [1.82, 2.24) is 0 Å². The maximum absolute atomic E-state index is 8.55. The van der Waals surface area contributed by atoms with Crippen LogP contribution in [0.5, 0.6) is 0 Å². The monoisotopic (exact) mass is 208 g/mol. The molecule has 0 aliphatic heterocycles. The van der Waals surface area contributed by atoms with E-state index < -0.39 is 0 Å². The summed E-state index contributed by atoms with van der Waals surface area (Å²) in [6.07, 6.45) is 19.5. The molecule has 1 nitrogen and oxygen atoms in total. The molecule has 0 aromatic rings. The average Bonchev–Trinajstić information content (AvgIpc) is 2.26. The van der Waals surface area contributed by atoms with Gasteiger partial charge in [-0.25, -0.2) is 0 Å². The Morgan fingerprint density at radius 3 is 1.87 bits per heavy atom.